The Morgan fingerprint density at radius 1 is 1.16 bits per heavy atom. The molecule has 0 spiro atoms. The van der Waals surface area contributed by atoms with Crippen molar-refractivity contribution in [2.24, 2.45) is 0 Å². The average molecular weight is 468 g/mol. The van der Waals surface area contributed by atoms with Crippen LogP contribution in [0.3, 0.4) is 0 Å². The Hall–Kier alpha value is 0.320. The normalized spacial score (nSPS) is 12.6. The van der Waals surface area contributed by atoms with Crippen molar-refractivity contribution in [3.05, 3.63) is 53.5 Å². The van der Waals surface area contributed by atoms with Crippen LogP contribution in [-0.4, -0.2) is 6.54 Å². The first kappa shape index (κ1) is 15.7. The molecule has 0 saturated heterocycles. The first-order valence-corrected chi connectivity index (χ1v) is 9.25. The number of thiophene rings is 1. The Bertz CT molecular complexity index is 534. The molecule has 2 rings (SSSR count). The van der Waals surface area contributed by atoms with Gasteiger partial charge in [0.2, 0.25) is 0 Å². The van der Waals surface area contributed by atoms with Crippen LogP contribution in [0.5, 0.6) is 0 Å². The lowest BCUT2D eigenvalue weighted by atomic mass is 10.1. The van der Waals surface area contributed by atoms with Gasteiger partial charge < -0.3 is 5.32 Å². The third-order valence-electron chi connectivity index (χ3n) is 2.76. The fraction of sp³-hybridized carbons (Fsp3) is 0.286. The zero-order valence-electron chi connectivity index (χ0n) is 10.4. The highest BCUT2D eigenvalue weighted by atomic mass is 79.9. The number of halogens is 3. The Morgan fingerprint density at radius 2 is 1.89 bits per heavy atom. The molecular formula is C14H14Br3NS. The molecule has 1 N–H and O–H groups in total. The second kappa shape index (κ2) is 7.36. The standard InChI is InChI=1S/C14H14Br3NS/c1-2-7-18-13(9-5-3-4-6-10(9)15)12-8-11(16)14(17)19-12/h3-6,8,13,18H,2,7H2,1H3. The minimum atomic E-state index is 0.225. The molecule has 1 heterocycles. The Balaban J connectivity index is 2.38. The fourth-order valence-electron chi connectivity index (χ4n) is 1.87. The van der Waals surface area contributed by atoms with Gasteiger partial charge in [-0.25, -0.2) is 0 Å². The maximum absolute atomic E-state index is 3.65. The van der Waals surface area contributed by atoms with Gasteiger partial charge in [-0.2, -0.15) is 0 Å². The van der Waals surface area contributed by atoms with Crippen molar-refractivity contribution >= 4 is 59.1 Å². The van der Waals surface area contributed by atoms with E-state index < -0.39 is 0 Å². The molecule has 0 bridgehead atoms. The summed E-state index contributed by atoms with van der Waals surface area (Å²) in [4.78, 5) is 1.30. The highest BCUT2D eigenvalue weighted by molar-refractivity contribution is 9.13. The van der Waals surface area contributed by atoms with E-state index in [0.717, 1.165) is 25.7 Å². The molecule has 0 aliphatic carbocycles. The van der Waals surface area contributed by atoms with Crippen LogP contribution in [0.2, 0.25) is 0 Å². The predicted octanol–water partition coefficient (Wildman–Crippen LogP) is 6.12. The van der Waals surface area contributed by atoms with E-state index >= 15 is 0 Å². The summed E-state index contributed by atoms with van der Waals surface area (Å²) in [6.45, 7) is 3.18. The molecule has 0 radical (unpaired) electrons. The van der Waals surface area contributed by atoms with E-state index in [-0.39, 0.29) is 6.04 Å². The van der Waals surface area contributed by atoms with Crippen LogP contribution < -0.4 is 5.32 Å². The largest absolute Gasteiger partial charge is 0.306 e. The molecule has 2 aromatic rings. The van der Waals surface area contributed by atoms with Gasteiger partial charge in [-0.1, -0.05) is 41.1 Å². The molecule has 1 nitrogen and oxygen atoms in total. The zero-order chi connectivity index (χ0) is 13.8. The van der Waals surface area contributed by atoms with Gasteiger partial charge in [0.1, 0.15) is 0 Å². The van der Waals surface area contributed by atoms with Crippen molar-refractivity contribution in [3.8, 4) is 0 Å². The smallest absolute Gasteiger partial charge is 0.0843 e. The van der Waals surface area contributed by atoms with Crippen molar-refractivity contribution in [1.29, 1.82) is 0 Å². The van der Waals surface area contributed by atoms with Crippen LogP contribution in [0.15, 0.2) is 43.1 Å². The second-order valence-electron chi connectivity index (χ2n) is 4.18. The molecule has 0 amide bonds. The van der Waals surface area contributed by atoms with Gasteiger partial charge in [0.05, 0.1) is 9.83 Å². The number of hydrogen-bond donors (Lipinski definition) is 1. The summed E-state index contributed by atoms with van der Waals surface area (Å²) < 4.78 is 3.39. The summed E-state index contributed by atoms with van der Waals surface area (Å²) in [5, 5.41) is 3.62. The molecule has 102 valence electrons. The quantitative estimate of drug-likeness (QED) is 0.558. The van der Waals surface area contributed by atoms with E-state index in [4.69, 9.17) is 0 Å². The molecule has 1 unspecified atom stereocenters. The predicted molar refractivity (Wildman–Crippen MR) is 94.0 cm³/mol. The van der Waals surface area contributed by atoms with Crippen molar-refractivity contribution in [3.63, 3.8) is 0 Å². The summed E-state index contributed by atoms with van der Waals surface area (Å²) in [5.41, 5.74) is 1.28. The lowest BCUT2D eigenvalue weighted by Crippen LogP contribution is -2.22. The Morgan fingerprint density at radius 3 is 2.47 bits per heavy atom. The molecule has 5 heteroatoms. The Kier molecular flexibility index (Phi) is 6.09. The molecule has 1 aromatic carbocycles. The summed E-state index contributed by atoms with van der Waals surface area (Å²) >= 11 is 12.6. The summed E-state index contributed by atoms with van der Waals surface area (Å²) in [5.74, 6) is 0. The van der Waals surface area contributed by atoms with Crippen molar-refractivity contribution in [2.75, 3.05) is 6.54 Å². The highest BCUT2D eigenvalue weighted by Gasteiger charge is 2.19. The van der Waals surface area contributed by atoms with Crippen LogP contribution in [0.1, 0.15) is 29.8 Å². The number of nitrogens with one attached hydrogen (secondary N) is 1. The van der Waals surface area contributed by atoms with Gasteiger partial charge >= 0.3 is 0 Å². The summed E-state index contributed by atoms with van der Waals surface area (Å²) in [6, 6.07) is 10.8. The monoisotopic (exact) mass is 465 g/mol. The van der Waals surface area contributed by atoms with Crippen molar-refractivity contribution < 1.29 is 0 Å². The average Bonchev–Trinajstić information content (AvgIpc) is 2.72. The van der Waals surface area contributed by atoms with Crippen LogP contribution in [0, 0.1) is 0 Å². The summed E-state index contributed by atoms with van der Waals surface area (Å²) in [7, 11) is 0. The molecule has 1 aromatic heterocycles. The van der Waals surface area contributed by atoms with E-state index in [1.807, 2.05) is 6.07 Å². The minimum absolute atomic E-state index is 0.225. The van der Waals surface area contributed by atoms with E-state index in [1.165, 1.54) is 10.4 Å². The number of benzene rings is 1. The van der Waals surface area contributed by atoms with E-state index in [2.05, 4.69) is 84.3 Å². The van der Waals surface area contributed by atoms with Crippen LogP contribution in [0.25, 0.3) is 0 Å². The van der Waals surface area contributed by atoms with Crippen LogP contribution in [-0.2, 0) is 0 Å². The zero-order valence-corrected chi connectivity index (χ0v) is 16.0. The van der Waals surface area contributed by atoms with Crippen LogP contribution in [0.4, 0.5) is 0 Å². The summed E-state index contributed by atoms with van der Waals surface area (Å²) in [6.07, 6.45) is 1.12. The molecule has 19 heavy (non-hydrogen) atoms. The SMILES string of the molecule is CCCNC(c1cc(Br)c(Br)s1)c1ccccc1Br. The van der Waals surface area contributed by atoms with E-state index in [1.54, 1.807) is 11.3 Å². The second-order valence-corrected chi connectivity index (χ2v) is 8.29. The highest BCUT2D eigenvalue weighted by Crippen LogP contribution is 2.39. The molecular weight excluding hydrogens is 454 g/mol. The minimum Gasteiger partial charge on any atom is -0.306 e. The maximum atomic E-state index is 3.65. The van der Waals surface area contributed by atoms with E-state index in [9.17, 15) is 0 Å². The fourth-order valence-corrected chi connectivity index (χ4v) is 4.57. The van der Waals surface area contributed by atoms with Crippen molar-refractivity contribution in [2.45, 2.75) is 19.4 Å². The van der Waals surface area contributed by atoms with Gasteiger partial charge in [0, 0.05) is 13.8 Å². The lowest BCUT2D eigenvalue weighted by Gasteiger charge is -2.19. The molecule has 0 aliphatic heterocycles. The van der Waals surface area contributed by atoms with Gasteiger partial charge in [-0.15, -0.1) is 11.3 Å². The van der Waals surface area contributed by atoms with Gasteiger partial charge in [-0.3, -0.25) is 0 Å². The van der Waals surface area contributed by atoms with E-state index in [0.29, 0.717) is 0 Å². The lowest BCUT2D eigenvalue weighted by molar-refractivity contribution is 0.604. The molecule has 0 fully saturated rings. The molecule has 0 saturated carbocycles. The topological polar surface area (TPSA) is 12.0 Å². The number of hydrogen-bond acceptors (Lipinski definition) is 2. The first-order chi connectivity index (χ1) is 9.13. The number of rotatable bonds is 5. The van der Waals surface area contributed by atoms with Crippen molar-refractivity contribution in [1.82, 2.24) is 5.32 Å². The maximum Gasteiger partial charge on any atom is 0.0843 e. The molecule has 1 atom stereocenters. The van der Waals surface area contributed by atoms with Gasteiger partial charge in [0.15, 0.2) is 0 Å². The first-order valence-electron chi connectivity index (χ1n) is 6.06. The van der Waals surface area contributed by atoms with Gasteiger partial charge in [-0.05, 0) is 62.5 Å². The third-order valence-corrected chi connectivity index (χ3v) is 6.81. The van der Waals surface area contributed by atoms with Gasteiger partial charge in [0.25, 0.3) is 0 Å². The molecule has 0 aliphatic rings. The Labute approximate surface area is 143 Å². The third kappa shape index (κ3) is 3.91. The van der Waals surface area contributed by atoms with Crippen LogP contribution >= 0.6 is 59.1 Å².